The van der Waals surface area contributed by atoms with E-state index in [4.69, 9.17) is 4.74 Å². The third kappa shape index (κ3) is 4.97. The van der Waals surface area contributed by atoms with Crippen LogP contribution in [0.4, 0.5) is 5.13 Å². The number of nitrogens with one attached hydrogen (secondary N) is 3. The quantitative estimate of drug-likeness (QED) is 0.707. The zero-order chi connectivity index (χ0) is 17.6. The summed E-state index contributed by atoms with van der Waals surface area (Å²) in [6, 6.07) is 2.71. The highest BCUT2D eigenvalue weighted by molar-refractivity contribution is 7.14. The molecule has 0 saturated carbocycles. The topological polar surface area (TPSA) is 113 Å². The molecule has 0 bridgehead atoms. The number of aromatic nitrogens is 2. The second-order valence-corrected chi connectivity index (χ2v) is 6.51. The van der Waals surface area contributed by atoms with Crippen molar-refractivity contribution in [1.29, 1.82) is 0 Å². The van der Waals surface area contributed by atoms with Gasteiger partial charge in [-0.05, 0) is 18.9 Å². The molecule has 2 amide bonds. The maximum absolute atomic E-state index is 12.0. The van der Waals surface area contributed by atoms with Gasteiger partial charge in [-0.2, -0.15) is 0 Å². The number of pyridine rings is 1. The smallest absolute Gasteiger partial charge is 0.258 e. The largest absolute Gasteiger partial charge is 0.376 e. The molecule has 9 heteroatoms. The normalized spacial score (nSPS) is 16.6. The van der Waals surface area contributed by atoms with Gasteiger partial charge in [-0.1, -0.05) is 0 Å². The fraction of sp³-hybridized carbons (Fsp3) is 0.375. The summed E-state index contributed by atoms with van der Waals surface area (Å²) in [6.45, 7) is 1.27. The standard InChI is InChI=1S/C16H18N4O4S/c21-13-4-3-10(7-17-13)15(23)20-16-19-11(9-25-16)6-14(22)18-8-12-2-1-5-24-12/h3-4,7,9,12H,1-2,5-6,8H2,(H,17,21)(H,18,22)(H,19,20,23)/t12-/m0/s1. The monoisotopic (exact) mass is 362 g/mol. The fourth-order valence-electron chi connectivity index (χ4n) is 2.43. The molecule has 3 heterocycles. The molecule has 3 N–H and O–H groups in total. The molecule has 1 fully saturated rings. The Morgan fingerprint density at radius 3 is 3.00 bits per heavy atom. The van der Waals surface area contributed by atoms with E-state index in [0.29, 0.717) is 22.9 Å². The molecule has 2 aromatic rings. The van der Waals surface area contributed by atoms with Crippen molar-refractivity contribution >= 4 is 28.3 Å². The van der Waals surface area contributed by atoms with Crippen molar-refractivity contribution in [3.05, 3.63) is 45.3 Å². The molecule has 0 aromatic carbocycles. The number of hydrogen-bond acceptors (Lipinski definition) is 6. The Bertz CT molecular complexity index is 790. The van der Waals surface area contributed by atoms with Crippen LogP contribution in [0, 0.1) is 0 Å². The van der Waals surface area contributed by atoms with Crippen LogP contribution in [0.2, 0.25) is 0 Å². The van der Waals surface area contributed by atoms with Gasteiger partial charge in [-0.15, -0.1) is 11.3 Å². The van der Waals surface area contributed by atoms with Gasteiger partial charge in [-0.3, -0.25) is 19.7 Å². The highest BCUT2D eigenvalue weighted by Crippen LogP contribution is 2.17. The van der Waals surface area contributed by atoms with Crippen LogP contribution in [-0.4, -0.2) is 41.0 Å². The SMILES string of the molecule is O=C(Cc1csc(NC(=O)c2ccc(=O)[nH]c2)n1)NC[C@@H]1CCCO1. The molecular formula is C16H18N4O4S. The van der Waals surface area contributed by atoms with E-state index < -0.39 is 0 Å². The molecule has 2 aromatic heterocycles. The van der Waals surface area contributed by atoms with E-state index >= 15 is 0 Å². The van der Waals surface area contributed by atoms with Crippen molar-refractivity contribution < 1.29 is 14.3 Å². The minimum Gasteiger partial charge on any atom is -0.376 e. The van der Waals surface area contributed by atoms with Gasteiger partial charge in [0.1, 0.15) is 0 Å². The Hall–Kier alpha value is -2.52. The molecular weight excluding hydrogens is 344 g/mol. The van der Waals surface area contributed by atoms with E-state index in [2.05, 4.69) is 20.6 Å². The number of anilines is 1. The molecule has 0 spiro atoms. The lowest BCUT2D eigenvalue weighted by molar-refractivity contribution is -0.121. The van der Waals surface area contributed by atoms with Crippen molar-refractivity contribution in [2.45, 2.75) is 25.4 Å². The number of nitrogens with zero attached hydrogens (tertiary/aromatic N) is 1. The van der Waals surface area contributed by atoms with E-state index in [-0.39, 0.29) is 29.9 Å². The minimum atomic E-state index is -0.375. The second-order valence-electron chi connectivity index (χ2n) is 5.66. The predicted molar refractivity (Wildman–Crippen MR) is 92.8 cm³/mol. The Labute approximate surface area is 147 Å². The lowest BCUT2D eigenvalue weighted by Gasteiger charge is -2.09. The number of carbonyl (C=O) groups excluding carboxylic acids is 2. The van der Waals surface area contributed by atoms with Crippen LogP contribution in [0.5, 0.6) is 0 Å². The van der Waals surface area contributed by atoms with Crippen molar-refractivity contribution in [1.82, 2.24) is 15.3 Å². The second kappa shape index (κ2) is 8.04. The third-order valence-corrected chi connectivity index (χ3v) is 4.52. The van der Waals surface area contributed by atoms with E-state index in [1.807, 2.05) is 0 Å². The predicted octanol–water partition coefficient (Wildman–Crippen LogP) is 0.921. The Morgan fingerprint density at radius 1 is 1.40 bits per heavy atom. The molecule has 1 atom stereocenters. The van der Waals surface area contributed by atoms with Crippen LogP contribution >= 0.6 is 11.3 Å². The Morgan fingerprint density at radius 2 is 2.28 bits per heavy atom. The van der Waals surface area contributed by atoms with Gasteiger partial charge in [0.05, 0.1) is 23.8 Å². The number of ether oxygens (including phenoxy) is 1. The van der Waals surface area contributed by atoms with Crippen molar-refractivity contribution in [3.8, 4) is 0 Å². The van der Waals surface area contributed by atoms with Gasteiger partial charge in [-0.25, -0.2) is 4.98 Å². The summed E-state index contributed by atoms with van der Waals surface area (Å²) in [5, 5.41) is 7.61. The van der Waals surface area contributed by atoms with Crippen molar-refractivity contribution in [2.24, 2.45) is 0 Å². The van der Waals surface area contributed by atoms with Crippen LogP contribution < -0.4 is 16.2 Å². The first-order valence-corrected chi connectivity index (χ1v) is 8.81. The first-order chi connectivity index (χ1) is 12.1. The molecule has 8 nitrogen and oxygen atoms in total. The van der Waals surface area contributed by atoms with Crippen LogP contribution in [-0.2, 0) is 16.0 Å². The van der Waals surface area contributed by atoms with Crippen LogP contribution in [0.25, 0.3) is 0 Å². The van der Waals surface area contributed by atoms with Crippen molar-refractivity contribution in [3.63, 3.8) is 0 Å². The van der Waals surface area contributed by atoms with E-state index in [1.165, 1.54) is 29.7 Å². The van der Waals surface area contributed by atoms with Gasteiger partial charge in [0.2, 0.25) is 11.5 Å². The van der Waals surface area contributed by atoms with Gasteiger partial charge >= 0.3 is 0 Å². The van der Waals surface area contributed by atoms with E-state index in [0.717, 1.165) is 19.4 Å². The first kappa shape index (κ1) is 17.3. The van der Waals surface area contributed by atoms with Gasteiger partial charge < -0.3 is 15.0 Å². The average Bonchev–Trinajstić information content (AvgIpc) is 3.25. The average molecular weight is 362 g/mol. The molecule has 132 valence electrons. The third-order valence-electron chi connectivity index (χ3n) is 3.71. The summed E-state index contributed by atoms with van der Waals surface area (Å²) >= 11 is 1.24. The number of carbonyl (C=O) groups is 2. The van der Waals surface area contributed by atoms with Crippen LogP contribution in [0.15, 0.2) is 28.5 Å². The van der Waals surface area contributed by atoms with Crippen LogP contribution in [0.3, 0.4) is 0 Å². The fourth-order valence-corrected chi connectivity index (χ4v) is 3.13. The number of hydrogen-bond donors (Lipinski definition) is 3. The maximum Gasteiger partial charge on any atom is 0.258 e. The summed E-state index contributed by atoms with van der Waals surface area (Å²) in [5.74, 6) is -0.501. The summed E-state index contributed by atoms with van der Waals surface area (Å²) in [7, 11) is 0. The first-order valence-electron chi connectivity index (χ1n) is 7.93. The molecule has 3 rings (SSSR count). The number of thiazole rings is 1. The van der Waals surface area contributed by atoms with E-state index in [1.54, 1.807) is 5.38 Å². The van der Waals surface area contributed by atoms with Gasteiger partial charge in [0.15, 0.2) is 5.13 Å². The summed E-state index contributed by atoms with van der Waals surface area (Å²) in [6.07, 6.45) is 3.59. The lowest BCUT2D eigenvalue weighted by atomic mass is 10.2. The molecule has 1 aliphatic heterocycles. The summed E-state index contributed by atoms with van der Waals surface area (Å²) < 4.78 is 5.45. The zero-order valence-corrected chi connectivity index (χ0v) is 14.2. The Kier molecular flexibility index (Phi) is 5.56. The number of amides is 2. The maximum atomic E-state index is 12.0. The molecule has 1 saturated heterocycles. The summed E-state index contributed by atoms with van der Waals surface area (Å²) in [4.78, 5) is 41.7. The molecule has 0 aliphatic carbocycles. The lowest BCUT2D eigenvalue weighted by Crippen LogP contribution is -2.32. The number of aromatic amines is 1. The van der Waals surface area contributed by atoms with E-state index in [9.17, 15) is 14.4 Å². The molecule has 0 unspecified atom stereocenters. The van der Waals surface area contributed by atoms with Crippen molar-refractivity contribution in [2.75, 3.05) is 18.5 Å². The highest BCUT2D eigenvalue weighted by Gasteiger charge is 2.17. The Balaban J connectivity index is 1.49. The zero-order valence-electron chi connectivity index (χ0n) is 13.4. The van der Waals surface area contributed by atoms with Gasteiger partial charge in [0, 0.05) is 30.8 Å². The van der Waals surface area contributed by atoms with Crippen LogP contribution in [0.1, 0.15) is 28.9 Å². The number of H-pyrrole nitrogens is 1. The minimum absolute atomic E-state index is 0.103. The van der Waals surface area contributed by atoms with Gasteiger partial charge in [0.25, 0.3) is 5.91 Å². The number of rotatable bonds is 6. The summed E-state index contributed by atoms with van der Waals surface area (Å²) in [5.41, 5.74) is 0.638. The molecule has 0 radical (unpaired) electrons. The molecule has 1 aliphatic rings. The molecule has 25 heavy (non-hydrogen) atoms. The highest BCUT2D eigenvalue weighted by atomic mass is 32.1.